The van der Waals surface area contributed by atoms with Gasteiger partial charge in [-0.05, 0) is 10.8 Å². The summed E-state index contributed by atoms with van der Waals surface area (Å²) in [6.07, 6.45) is 6.36. The number of aromatic nitrogens is 12. The Morgan fingerprint density at radius 2 is 0.829 bits per heavy atom. The van der Waals surface area contributed by atoms with E-state index >= 15 is 0 Å². The largest absolute Gasteiger partial charge is 2.00 e. The predicted octanol–water partition coefficient (Wildman–Crippen LogP) is 3.70. The smallest absolute Gasteiger partial charge is 0.357 e. The van der Waals surface area contributed by atoms with Gasteiger partial charge >= 0.3 is 17.1 Å². The predicted molar refractivity (Wildman–Crippen MR) is 145 cm³/mol. The van der Waals surface area contributed by atoms with Gasteiger partial charge in [-0.2, -0.15) is 0 Å². The van der Waals surface area contributed by atoms with Gasteiger partial charge in [0, 0.05) is 58.5 Å². The van der Waals surface area contributed by atoms with Crippen molar-refractivity contribution >= 4 is 44.4 Å². The molecule has 0 unspecified atom stereocenters. The van der Waals surface area contributed by atoms with E-state index < -0.39 is 0 Å². The molecule has 5 aromatic heterocycles. The van der Waals surface area contributed by atoms with Gasteiger partial charge in [0.1, 0.15) is 34.1 Å². The van der Waals surface area contributed by atoms with Gasteiger partial charge < -0.3 is 29.9 Å². The fraction of sp³-hybridized carbons (Fsp3) is 0. The number of hydrogen-bond acceptors (Lipinski definition) is 10. The quantitative estimate of drug-likeness (QED) is 0.240. The fourth-order valence-corrected chi connectivity index (χ4v) is 4.98. The summed E-state index contributed by atoms with van der Waals surface area (Å²) in [5.41, 5.74) is 5.24. The number of rotatable bonds is 0. The summed E-state index contributed by atoms with van der Waals surface area (Å²) in [6, 6.07) is 15.6. The second kappa shape index (κ2) is 8.74. The normalized spacial score (nSPS) is 11.7. The van der Waals surface area contributed by atoms with E-state index in [0.29, 0.717) is 68.3 Å². The van der Waals surface area contributed by atoms with Crippen molar-refractivity contribution in [2.24, 2.45) is 0 Å². The van der Waals surface area contributed by atoms with Gasteiger partial charge in [0.15, 0.2) is 0 Å². The van der Waals surface area contributed by atoms with Gasteiger partial charge in [-0.15, -0.1) is 0 Å². The molecule has 0 spiro atoms. The van der Waals surface area contributed by atoms with Crippen molar-refractivity contribution in [3.8, 4) is 45.8 Å². The van der Waals surface area contributed by atoms with Gasteiger partial charge in [0.05, 0.1) is 11.6 Å². The van der Waals surface area contributed by atoms with Crippen molar-refractivity contribution < 1.29 is 17.1 Å². The Hall–Kier alpha value is -5.52. The van der Waals surface area contributed by atoms with E-state index in [0.717, 1.165) is 21.9 Å². The first-order valence-corrected chi connectivity index (χ1v) is 12.3. The van der Waals surface area contributed by atoms with Gasteiger partial charge in [-0.25, -0.2) is 9.97 Å². The Balaban J connectivity index is 0.00000256. The molecule has 0 atom stereocenters. The molecule has 195 valence electrons. The van der Waals surface area contributed by atoms with Gasteiger partial charge in [0.25, 0.3) is 0 Å². The van der Waals surface area contributed by atoms with E-state index in [1.165, 1.54) is 0 Å². The van der Waals surface area contributed by atoms with Gasteiger partial charge in [-0.1, -0.05) is 48.5 Å². The van der Waals surface area contributed by atoms with E-state index in [9.17, 15) is 0 Å². The Morgan fingerprint density at radius 3 is 1.41 bits per heavy atom. The van der Waals surface area contributed by atoms with Gasteiger partial charge in [0.2, 0.25) is 0 Å². The summed E-state index contributed by atoms with van der Waals surface area (Å²) in [5, 5.41) is 1.67. The monoisotopic (exact) mass is 579 g/mol. The zero-order chi connectivity index (χ0) is 26.2. The number of fused-ring (bicyclic) bond motifs is 20. The molecule has 2 aliphatic heterocycles. The molecule has 0 amide bonds. The molecule has 0 saturated heterocycles. The van der Waals surface area contributed by atoms with Crippen molar-refractivity contribution in [2.75, 3.05) is 0 Å². The summed E-state index contributed by atoms with van der Waals surface area (Å²) < 4.78 is 0. The molecule has 2 aliphatic rings. The SMILES string of the molecule is [Cu+2].c1ccc2c(c1)-c1nc-2nc2[n-]c(nc3nc(nc4[n-]c(n1)c1ccccc41)-c1nccnc1-3)c1nccnc21. The maximum absolute atomic E-state index is 4.89. The molecule has 1 radical (unpaired) electrons. The molecule has 0 N–H and O–H groups in total. The van der Waals surface area contributed by atoms with E-state index in [-0.39, 0.29) is 17.1 Å². The van der Waals surface area contributed by atoms with Crippen molar-refractivity contribution in [3.05, 3.63) is 73.3 Å². The minimum atomic E-state index is 0. The molecule has 7 aromatic rings. The van der Waals surface area contributed by atoms with Crippen LogP contribution in [0.3, 0.4) is 0 Å². The average molecular weight is 580 g/mol. The second-order valence-corrected chi connectivity index (χ2v) is 9.08. The zero-order valence-electron chi connectivity index (χ0n) is 20.6. The maximum atomic E-state index is 4.89. The Bertz CT molecular complexity index is 2040. The summed E-state index contributed by atoms with van der Waals surface area (Å²) in [6.45, 7) is 0. The summed E-state index contributed by atoms with van der Waals surface area (Å²) in [5.74, 6) is 1.61. The van der Waals surface area contributed by atoms with Crippen molar-refractivity contribution in [2.45, 2.75) is 0 Å². The van der Waals surface area contributed by atoms with Crippen LogP contribution < -0.4 is 9.97 Å². The fourth-order valence-electron chi connectivity index (χ4n) is 4.98. The van der Waals surface area contributed by atoms with Crippen LogP contribution in [0.25, 0.3) is 90.2 Å². The first-order valence-electron chi connectivity index (χ1n) is 12.3. The number of nitrogens with zero attached hydrogens (tertiary/aromatic N) is 12. The minimum Gasteiger partial charge on any atom is -0.357 e. The van der Waals surface area contributed by atoms with E-state index in [2.05, 4.69) is 19.9 Å². The van der Waals surface area contributed by atoms with Crippen molar-refractivity contribution in [3.63, 3.8) is 0 Å². The summed E-state index contributed by atoms with van der Waals surface area (Å²) >= 11 is 0. The Kier molecular flexibility index (Phi) is 4.99. The van der Waals surface area contributed by atoms with Crippen LogP contribution >= 0.6 is 0 Å². The van der Waals surface area contributed by atoms with E-state index in [1.807, 2.05) is 48.5 Å². The van der Waals surface area contributed by atoms with Crippen LogP contribution in [0.4, 0.5) is 0 Å². The third-order valence-corrected chi connectivity index (χ3v) is 6.76. The maximum Gasteiger partial charge on any atom is 2.00 e. The molecule has 12 nitrogen and oxygen atoms in total. The van der Waals surface area contributed by atoms with Crippen LogP contribution in [-0.4, -0.2) is 49.8 Å². The van der Waals surface area contributed by atoms with Crippen molar-refractivity contribution in [1.29, 1.82) is 0 Å². The third kappa shape index (κ3) is 3.46. The molecule has 0 aliphatic carbocycles. The molecule has 9 rings (SSSR count). The molecule has 0 saturated carbocycles. The first-order chi connectivity index (χ1) is 19.8. The second-order valence-electron chi connectivity index (χ2n) is 9.08. The molecule has 2 aromatic carbocycles. The number of hydrogen-bond donors (Lipinski definition) is 0. The van der Waals surface area contributed by atoms with Crippen LogP contribution in [0.1, 0.15) is 0 Å². The average Bonchev–Trinajstić information content (AvgIpc) is 3.73. The molecular formula is C28H12CuN12. The summed E-state index contributed by atoms with van der Waals surface area (Å²) in [7, 11) is 0. The van der Waals surface area contributed by atoms with Crippen molar-refractivity contribution in [1.82, 2.24) is 59.8 Å². The standard InChI is InChI=1S/C28H12N12.Cu/c1-3-7-15-13(5-1)21-33-22-14-6-2-4-8-16(14)24(35-22)37-26-18-20(32-12-10-30-18)28(39-26)40-27-19-17(29-9-11-31-19)25(38-27)36-23(15)34-21;/h1-12H;/q-2;+2. The molecular weight excluding hydrogens is 568 g/mol. The van der Waals surface area contributed by atoms with Gasteiger partial charge in [-0.3, -0.25) is 19.9 Å². The minimum absolute atomic E-state index is 0. The number of benzene rings is 2. The third-order valence-electron chi connectivity index (χ3n) is 6.76. The molecule has 41 heavy (non-hydrogen) atoms. The Morgan fingerprint density at radius 1 is 0.415 bits per heavy atom. The van der Waals surface area contributed by atoms with Crippen LogP contribution in [0.5, 0.6) is 0 Å². The van der Waals surface area contributed by atoms with E-state index in [1.54, 1.807) is 24.8 Å². The zero-order valence-corrected chi connectivity index (χ0v) is 21.5. The topological polar surface area (TPSA) is 157 Å². The van der Waals surface area contributed by atoms with Crippen LogP contribution in [0.15, 0.2) is 73.3 Å². The molecule has 7 heterocycles. The first kappa shape index (κ1) is 23.4. The molecule has 0 fully saturated rings. The van der Waals surface area contributed by atoms with E-state index in [4.69, 9.17) is 39.9 Å². The summed E-state index contributed by atoms with van der Waals surface area (Å²) in [4.78, 5) is 56.2. The Labute approximate surface area is 240 Å². The van der Waals surface area contributed by atoms with Crippen LogP contribution in [-0.2, 0) is 17.1 Å². The molecule has 8 bridgehead atoms. The van der Waals surface area contributed by atoms with Crippen LogP contribution in [0, 0.1) is 0 Å². The van der Waals surface area contributed by atoms with Crippen LogP contribution in [0.2, 0.25) is 0 Å². The molecule has 13 heteroatoms.